The number of benzene rings is 1. The predicted molar refractivity (Wildman–Crippen MR) is 46.5 cm³/mol. The van der Waals surface area contributed by atoms with Crippen LogP contribution in [-0.4, -0.2) is 11.1 Å². The molecule has 2 aromatic rings. The second-order valence-electron chi connectivity index (χ2n) is 2.59. The van der Waals surface area contributed by atoms with Crippen LogP contribution < -0.4 is 0 Å². The van der Waals surface area contributed by atoms with E-state index in [-0.39, 0.29) is 0 Å². The van der Waals surface area contributed by atoms with Gasteiger partial charge in [0.2, 0.25) is 6.08 Å². The summed E-state index contributed by atoms with van der Waals surface area (Å²) >= 11 is 0. The zero-order valence-corrected chi connectivity index (χ0v) is 6.94. The molecule has 0 N–H and O–H groups in total. The van der Waals surface area contributed by atoms with Gasteiger partial charge in [0.05, 0.1) is 5.69 Å². The Kier molecular flexibility index (Phi) is 1.69. The number of oxazole rings is 1. The quantitative estimate of drug-likeness (QED) is 0.491. The van der Waals surface area contributed by atoms with Crippen LogP contribution in [0.2, 0.25) is 0 Å². The first-order valence-corrected chi connectivity index (χ1v) is 3.74. The molecule has 0 aliphatic heterocycles. The average molecular weight is 174 g/mol. The van der Waals surface area contributed by atoms with Crippen molar-refractivity contribution in [1.29, 1.82) is 0 Å². The summed E-state index contributed by atoms with van der Waals surface area (Å²) in [7, 11) is 0. The molecule has 2 rings (SSSR count). The Hall–Kier alpha value is -1.93. The van der Waals surface area contributed by atoms with E-state index in [1.54, 1.807) is 25.1 Å². The van der Waals surface area contributed by atoms with Gasteiger partial charge < -0.3 is 4.42 Å². The zero-order valence-electron chi connectivity index (χ0n) is 6.94. The number of aliphatic imine (C=N–C) groups is 1. The first kappa shape index (κ1) is 7.71. The van der Waals surface area contributed by atoms with Gasteiger partial charge >= 0.3 is 0 Å². The number of aryl methyl sites for hydroxylation is 1. The third-order valence-corrected chi connectivity index (χ3v) is 1.65. The average Bonchev–Trinajstić information content (AvgIpc) is 2.44. The van der Waals surface area contributed by atoms with Crippen molar-refractivity contribution in [3.63, 3.8) is 0 Å². The topological polar surface area (TPSA) is 55.5 Å². The van der Waals surface area contributed by atoms with Gasteiger partial charge in [-0.05, 0) is 12.1 Å². The molecule has 0 radical (unpaired) electrons. The molecule has 0 amide bonds. The van der Waals surface area contributed by atoms with Crippen LogP contribution >= 0.6 is 0 Å². The molecule has 0 saturated heterocycles. The van der Waals surface area contributed by atoms with Crippen LogP contribution in [0.3, 0.4) is 0 Å². The molecule has 0 unspecified atom stereocenters. The van der Waals surface area contributed by atoms with Crippen LogP contribution in [0.1, 0.15) is 5.89 Å². The minimum Gasteiger partial charge on any atom is -0.441 e. The van der Waals surface area contributed by atoms with E-state index < -0.39 is 0 Å². The van der Waals surface area contributed by atoms with E-state index in [4.69, 9.17) is 4.42 Å². The van der Waals surface area contributed by atoms with Crippen LogP contribution in [0.25, 0.3) is 11.1 Å². The minimum atomic E-state index is 0.527. The van der Waals surface area contributed by atoms with Crippen LogP contribution in [-0.2, 0) is 4.79 Å². The van der Waals surface area contributed by atoms with Crippen LogP contribution in [0.4, 0.5) is 5.69 Å². The van der Waals surface area contributed by atoms with Gasteiger partial charge in [-0.3, -0.25) is 0 Å². The largest absolute Gasteiger partial charge is 0.441 e. The van der Waals surface area contributed by atoms with Crippen LogP contribution in [0.15, 0.2) is 27.6 Å². The molecule has 0 saturated carbocycles. The van der Waals surface area contributed by atoms with Gasteiger partial charge in [-0.2, -0.15) is 4.99 Å². The second kappa shape index (κ2) is 2.84. The van der Waals surface area contributed by atoms with Crippen molar-refractivity contribution in [2.24, 2.45) is 4.99 Å². The fourth-order valence-electron chi connectivity index (χ4n) is 1.15. The van der Waals surface area contributed by atoms with Crippen molar-refractivity contribution in [2.45, 2.75) is 6.92 Å². The van der Waals surface area contributed by atoms with E-state index in [1.807, 2.05) is 0 Å². The summed E-state index contributed by atoms with van der Waals surface area (Å²) in [5.74, 6) is 0.599. The van der Waals surface area contributed by atoms with E-state index in [2.05, 4.69) is 9.98 Å². The Bertz CT molecular complexity index is 495. The highest BCUT2D eigenvalue weighted by molar-refractivity contribution is 5.76. The molecule has 0 aliphatic rings. The third-order valence-electron chi connectivity index (χ3n) is 1.65. The number of rotatable bonds is 1. The maximum Gasteiger partial charge on any atom is 0.240 e. The van der Waals surface area contributed by atoms with Gasteiger partial charge in [-0.1, -0.05) is 0 Å². The van der Waals surface area contributed by atoms with Crippen molar-refractivity contribution in [3.05, 3.63) is 24.1 Å². The van der Waals surface area contributed by atoms with Gasteiger partial charge in [-0.25, -0.2) is 9.78 Å². The number of aromatic nitrogens is 1. The summed E-state index contributed by atoms with van der Waals surface area (Å²) in [5.41, 5.74) is 1.93. The molecule has 0 atom stereocenters. The van der Waals surface area contributed by atoms with E-state index in [0.29, 0.717) is 17.2 Å². The van der Waals surface area contributed by atoms with E-state index >= 15 is 0 Å². The predicted octanol–water partition coefficient (Wildman–Crippen LogP) is 2.10. The number of carbonyl (C=O) groups excluding carboxylic acids is 1. The molecule has 0 bridgehead atoms. The minimum absolute atomic E-state index is 0.527. The highest BCUT2D eigenvalue weighted by Crippen LogP contribution is 2.21. The Morgan fingerprint density at radius 1 is 1.54 bits per heavy atom. The number of isocyanates is 1. The molecule has 64 valence electrons. The van der Waals surface area contributed by atoms with E-state index in [0.717, 1.165) is 5.52 Å². The lowest BCUT2D eigenvalue weighted by Crippen LogP contribution is -1.67. The Morgan fingerprint density at radius 3 is 3.15 bits per heavy atom. The summed E-state index contributed by atoms with van der Waals surface area (Å²) in [5, 5.41) is 0. The molecule has 13 heavy (non-hydrogen) atoms. The number of hydrogen-bond donors (Lipinski definition) is 0. The smallest absolute Gasteiger partial charge is 0.240 e. The summed E-state index contributed by atoms with van der Waals surface area (Å²) in [6.07, 6.45) is 1.47. The third kappa shape index (κ3) is 1.35. The molecule has 1 aromatic heterocycles. The van der Waals surface area contributed by atoms with Crippen molar-refractivity contribution in [3.8, 4) is 0 Å². The maximum absolute atomic E-state index is 9.98. The Labute approximate surface area is 73.9 Å². The summed E-state index contributed by atoms with van der Waals surface area (Å²) in [4.78, 5) is 17.6. The summed E-state index contributed by atoms with van der Waals surface area (Å²) in [6.45, 7) is 1.77. The molecule has 0 aliphatic carbocycles. The standard InChI is InChI=1S/C9H6N2O2/c1-6-11-8-3-2-7(10-5-12)4-9(8)13-6/h2-4H,1H3. The first-order chi connectivity index (χ1) is 6.29. The lowest BCUT2D eigenvalue weighted by molar-refractivity contribution is 0.561. The van der Waals surface area contributed by atoms with Crippen molar-refractivity contribution in [2.75, 3.05) is 0 Å². The van der Waals surface area contributed by atoms with Gasteiger partial charge in [0.1, 0.15) is 5.52 Å². The lowest BCUT2D eigenvalue weighted by atomic mass is 10.3. The Balaban J connectivity index is 2.67. The van der Waals surface area contributed by atoms with Gasteiger partial charge in [0.15, 0.2) is 11.5 Å². The molecule has 0 fully saturated rings. The molecule has 4 nitrogen and oxygen atoms in total. The number of fused-ring (bicyclic) bond motifs is 1. The van der Waals surface area contributed by atoms with Crippen LogP contribution in [0.5, 0.6) is 0 Å². The molecule has 0 spiro atoms. The monoisotopic (exact) mass is 174 g/mol. The zero-order chi connectivity index (χ0) is 9.26. The van der Waals surface area contributed by atoms with Gasteiger partial charge in [0, 0.05) is 13.0 Å². The van der Waals surface area contributed by atoms with Gasteiger partial charge in [0.25, 0.3) is 0 Å². The van der Waals surface area contributed by atoms with E-state index in [1.165, 1.54) is 6.08 Å². The second-order valence-corrected chi connectivity index (χ2v) is 2.59. The summed E-state index contributed by atoms with van der Waals surface area (Å²) < 4.78 is 5.25. The van der Waals surface area contributed by atoms with Gasteiger partial charge in [-0.15, -0.1) is 0 Å². The highest BCUT2D eigenvalue weighted by atomic mass is 16.3. The number of nitrogens with zero attached hydrogens (tertiary/aromatic N) is 2. The SMILES string of the molecule is Cc1nc2ccc(N=C=O)cc2o1. The fraction of sp³-hybridized carbons (Fsp3) is 0.111. The fourth-order valence-corrected chi connectivity index (χ4v) is 1.15. The molecule has 4 heteroatoms. The van der Waals surface area contributed by atoms with Crippen molar-refractivity contribution in [1.82, 2.24) is 4.98 Å². The molecule has 1 aromatic carbocycles. The maximum atomic E-state index is 9.98. The molecule has 1 heterocycles. The van der Waals surface area contributed by atoms with E-state index in [9.17, 15) is 4.79 Å². The van der Waals surface area contributed by atoms with Crippen molar-refractivity contribution < 1.29 is 9.21 Å². The van der Waals surface area contributed by atoms with Crippen LogP contribution in [0, 0.1) is 6.92 Å². The number of hydrogen-bond acceptors (Lipinski definition) is 4. The van der Waals surface area contributed by atoms with Crippen molar-refractivity contribution >= 4 is 22.9 Å². The highest BCUT2D eigenvalue weighted by Gasteiger charge is 2.01. The molecular weight excluding hydrogens is 168 g/mol. The summed E-state index contributed by atoms with van der Waals surface area (Å²) in [6, 6.07) is 5.09. The Morgan fingerprint density at radius 2 is 2.38 bits per heavy atom. The lowest BCUT2D eigenvalue weighted by Gasteiger charge is -1.87. The molecular formula is C9H6N2O2. The normalized spacial score (nSPS) is 9.92. The first-order valence-electron chi connectivity index (χ1n) is 3.74.